The minimum absolute atomic E-state index is 0.175. The van der Waals surface area contributed by atoms with Crippen LogP contribution in [0.1, 0.15) is 11.3 Å². The zero-order valence-corrected chi connectivity index (χ0v) is 9.54. The number of amides is 1. The Morgan fingerprint density at radius 3 is 3.06 bits per heavy atom. The predicted molar refractivity (Wildman–Crippen MR) is 66.5 cm³/mol. The lowest BCUT2D eigenvalue weighted by atomic mass is 10.2. The fourth-order valence-electron chi connectivity index (χ4n) is 1.38. The minimum Gasteiger partial charge on any atom is -0.465 e. The van der Waals surface area contributed by atoms with Crippen LogP contribution in [-0.4, -0.2) is 16.0 Å². The lowest BCUT2D eigenvalue weighted by Crippen LogP contribution is -2.11. The average molecular weight is 244 g/mol. The largest absolute Gasteiger partial charge is 0.465 e. The second kappa shape index (κ2) is 5.79. The first-order valence-electron chi connectivity index (χ1n) is 5.37. The van der Waals surface area contributed by atoms with Gasteiger partial charge < -0.3 is 14.8 Å². The first-order chi connectivity index (χ1) is 8.79. The fourth-order valence-corrected chi connectivity index (χ4v) is 1.38. The first-order valence-corrected chi connectivity index (χ1v) is 5.37. The molecule has 2 rings (SSSR count). The molecule has 0 spiro atoms. The Hall–Kier alpha value is -2.40. The SMILES string of the molecule is O=C(/C=C/c1ccco1)Nc1ncccc1CO. The lowest BCUT2D eigenvalue weighted by molar-refractivity contribution is -0.111. The van der Waals surface area contributed by atoms with Gasteiger partial charge >= 0.3 is 0 Å². The van der Waals surface area contributed by atoms with Gasteiger partial charge in [0.15, 0.2) is 0 Å². The minimum atomic E-state index is -0.334. The van der Waals surface area contributed by atoms with Gasteiger partial charge in [-0.15, -0.1) is 0 Å². The van der Waals surface area contributed by atoms with Crippen LogP contribution in [0.3, 0.4) is 0 Å². The number of rotatable bonds is 4. The molecule has 0 aliphatic carbocycles. The third-order valence-electron chi connectivity index (χ3n) is 2.25. The van der Waals surface area contributed by atoms with Crippen molar-refractivity contribution in [3.05, 3.63) is 54.1 Å². The average Bonchev–Trinajstić information content (AvgIpc) is 2.90. The third kappa shape index (κ3) is 3.05. The molecule has 0 bridgehead atoms. The van der Waals surface area contributed by atoms with Crippen molar-refractivity contribution in [1.29, 1.82) is 0 Å². The van der Waals surface area contributed by atoms with E-state index in [4.69, 9.17) is 9.52 Å². The molecule has 2 aromatic rings. The van der Waals surface area contributed by atoms with Crippen molar-refractivity contribution < 1.29 is 14.3 Å². The molecule has 5 nitrogen and oxygen atoms in total. The number of aliphatic hydroxyl groups is 1. The number of hydrogen-bond acceptors (Lipinski definition) is 4. The van der Waals surface area contributed by atoms with Gasteiger partial charge in [-0.25, -0.2) is 4.98 Å². The molecule has 2 heterocycles. The molecule has 0 aliphatic rings. The molecule has 1 amide bonds. The number of hydrogen-bond donors (Lipinski definition) is 2. The second-order valence-corrected chi connectivity index (χ2v) is 3.51. The summed E-state index contributed by atoms with van der Waals surface area (Å²) in [7, 11) is 0. The van der Waals surface area contributed by atoms with E-state index >= 15 is 0 Å². The summed E-state index contributed by atoms with van der Waals surface area (Å²) >= 11 is 0. The summed E-state index contributed by atoms with van der Waals surface area (Å²) < 4.78 is 5.06. The van der Waals surface area contributed by atoms with Gasteiger partial charge in [0.1, 0.15) is 11.6 Å². The molecular weight excluding hydrogens is 232 g/mol. The molecule has 18 heavy (non-hydrogen) atoms. The van der Waals surface area contributed by atoms with Gasteiger partial charge in [-0.3, -0.25) is 4.79 Å². The summed E-state index contributed by atoms with van der Waals surface area (Å²) in [4.78, 5) is 15.6. The molecule has 0 atom stereocenters. The van der Waals surface area contributed by atoms with Crippen molar-refractivity contribution in [3.8, 4) is 0 Å². The summed E-state index contributed by atoms with van der Waals surface area (Å²) in [5.74, 6) is 0.613. The Morgan fingerprint density at radius 1 is 1.44 bits per heavy atom. The van der Waals surface area contributed by atoms with Crippen LogP contribution >= 0.6 is 0 Å². The van der Waals surface area contributed by atoms with E-state index in [0.717, 1.165) is 0 Å². The Kier molecular flexibility index (Phi) is 3.88. The molecule has 0 unspecified atom stereocenters. The normalized spacial score (nSPS) is 10.7. The third-order valence-corrected chi connectivity index (χ3v) is 2.25. The zero-order chi connectivity index (χ0) is 12.8. The summed E-state index contributed by atoms with van der Waals surface area (Å²) in [6.07, 6.45) is 5.97. The number of anilines is 1. The van der Waals surface area contributed by atoms with E-state index in [1.807, 2.05) is 0 Å². The molecule has 2 aromatic heterocycles. The number of pyridine rings is 1. The highest BCUT2D eigenvalue weighted by atomic mass is 16.3. The number of carbonyl (C=O) groups is 1. The van der Waals surface area contributed by atoms with Gasteiger partial charge in [-0.05, 0) is 24.3 Å². The standard InChI is InChI=1S/C13H12N2O3/c16-9-10-3-1-7-14-13(10)15-12(17)6-5-11-4-2-8-18-11/h1-8,16H,9H2,(H,14,15,17)/b6-5+. The van der Waals surface area contributed by atoms with Crippen LogP contribution in [0, 0.1) is 0 Å². The van der Waals surface area contributed by atoms with E-state index in [-0.39, 0.29) is 12.5 Å². The molecule has 92 valence electrons. The Labute approximate surface area is 104 Å². The Balaban J connectivity index is 2.03. The van der Waals surface area contributed by atoms with E-state index in [0.29, 0.717) is 17.1 Å². The lowest BCUT2D eigenvalue weighted by Gasteiger charge is -2.05. The number of aromatic nitrogens is 1. The van der Waals surface area contributed by atoms with E-state index in [1.54, 1.807) is 36.5 Å². The van der Waals surface area contributed by atoms with Crippen molar-refractivity contribution in [1.82, 2.24) is 4.98 Å². The molecule has 0 saturated carbocycles. The van der Waals surface area contributed by atoms with Crippen molar-refractivity contribution in [3.63, 3.8) is 0 Å². The molecule has 0 saturated heterocycles. The highest BCUT2D eigenvalue weighted by Crippen LogP contribution is 2.11. The summed E-state index contributed by atoms with van der Waals surface area (Å²) in [6, 6.07) is 6.86. The summed E-state index contributed by atoms with van der Waals surface area (Å²) in [5, 5.41) is 11.7. The van der Waals surface area contributed by atoms with Crippen molar-refractivity contribution in [2.45, 2.75) is 6.61 Å². The van der Waals surface area contributed by atoms with Crippen LogP contribution < -0.4 is 5.32 Å². The van der Waals surface area contributed by atoms with Gasteiger partial charge in [0.25, 0.3) is 0 Å². The second-order valence-electron chi connectivity index (χ2n) is 3.51. The topological polar surface area (TPSA) is 75.4 Å². The van der Waals surface area contributed by atoms with Crippen molar-refractivity contribution in [2.75, 3.05) is 5.32 Å². The molecule has 5 heteroatoms. The molecule has 0 fully saturated rings. The van der Waals surface area contributed by atoms with Crippen LogP contribution in [0.4, 0.5) is 5.82 Å². The van der Waals surface area contributed by atoms with Crippen LogP contribution in [0.15, 0.2) is 47.2 Å². The highest BCUT2D eigenvalue weighted by molar-refractivity contribution is 6.01. The maximum absolute atomic E-state index is 11.6. The van der Waals surface area contributed by atoms with E-state index < -0.39 is 0 Å². The van der Waals surface area contributed by atoms with E-state index in [1.165, 1.54) is 12.3 Å². The Bertz CT molecular complexity index is 547. The van der Waals surface area contributed by atoms with Crippen LogP contribution in [0.25, 0.3) is 6.08 Å². The van der Waals surface area contributed by atoms with Gasteiger partial charge in [0.05, 0.1) is 12.9 Å². The van der Waals surface area contributed by atoms with Crippen LogP contribution in [0.2, 0.25) is 0 Å². The number of carbonyl (C=O) groups excluding carboxylic acids is 1. The predicted octanol–water partition coefficient (Wildman–Crippen LogP) is 1.82. The summed E-state index contributed by atoms with van der Waals surface area (Å²) in [5.41, 5.74) is 0.567. The number of nitrogens with zero attached hydrogens (tertiary/aromatic N) is 1. The van der Waals surface area contributed by atoms with Gasteiger partial charge in [-0.2, -0.15) is 0 Å². The molecule has 2 N–H and O–H groups in total. The maximum Gasteiger partial charge on any atom is 0.249 e. The van der Waals surface area contributed by atoms with Crippen LogP contribution in [-0.2, 0) is 11.4 Å². The highest BCUT2D eigenvalue weighted by Gasteiger charge is 2.04. The summed E-state index contributed by atoms with van der Waals surface area (Å²) in [6.45, 7) is -0.175. The van der Waals surface area contributed by atoms with Crippen molar-refractivity contribution in [2.24, 2.45) is 0 Å². The number of furan rings is 1. The van der Waals surface area contributed by atoms with Crippen LogP contribution in [0.5, 0.6) is 0 Å². The number of nitrogens with one attached hydrogen (secondary N) is 1. The quantitative estimate of drug-likeness (QED) is 0.804. The molecule has 0 aliphatic heterocycles. The maximum atomic E-state index is 11.6. The smallest absolute Gasteiger partial charge is 0.249 e. The number of aliphatic hydroxyl groups excluding tert-OH is 1. The van der Waals surface area contributed by atoms with Gasteiger partial charge in [-0.1, -0.05) is 6.07 Å². The van der Waals surface area contributed by atoms with Crippen molar-refractivity contribution >= 4 is 17.8 Å². The zero-order valence-electron chi connectivity index (χ0n) is 9.54. The molecule has 0 aromatic carbocycles. The fraction of sp³-hybridized carbons (Fsp3) is 0.0769. The molecular formula is C13H12N2O3. The molecule has 0 radical (unpaired) electrons. The van der Waals surface area contributed by atoms with Gasteiger partial charge in [0.2, 0.25) is 5.91 Å². The van der Waals surface area contributed by atoms with E-state index in [9.17, 15) is 4.79 Å². The first kappa shape index (κ1) is 12.1. The Morgan fingerprint density at radius 2 is 2.33 bits per heavy atom. The monoisotopic (exact) mass is 244 g/mol. The van der Waals surface area contributed by atoms with Gasteiger partial charge in [0, 0.05) is 17.8 Å². The van der Waals surface area contributed by atoms with E-state index in [2.05, 4.69) is 10.3 Å².